The van der Waals surface area contributed by atoms with Crippen molar-refractivity contribution in [1.29, 1.82) is 0 Å². The van der Waals surface area contributed by atoms with Crippen molar-refractivity contribution >= 4 is 23.2 Å². The standard InChI is InChI=1S/C21H29N5O2/c1-21(2,3)24-19(27)17-16-8-6-7-13-26(16)18(23-17)20(28)22-14-9-11-15(12-10-14)25(4)5/h9-12H,6-8,13H2,1-5H3,(H,22,28)(H,24,27). The van der Waals surface area contributed by atoms with E-state index in [1.807, 2.05) is 68.6 Å². The van der Waals surface area contributed by atoms with Crippen LogP contribution in [0.3, 0.4) is 0 Å². The van der Waals surface area contributed by atoms with Crippen molar-refractivity contribution in [2.75, 3.05) is 24.3 Å². The highest BCUT2D eigenvalue weighted by Crippen LogP contribution is 2.23. The van der Waals surface area contributed by atoms with Crippen LogP contribution in [0.25, 0.3) is 0 Å². The van der Waals surface area contributed by atoms with Gasteiger partial charge in [-0.15, -0.1) is 0 Å². The molecule has 2 aromatic rings. The summed E-state index contributed by atoms with van der Waals surface area (Å²) in [5.74, 6) is -0.228. The molecule has 2 heterocycles. The predicted molar refractivity (Wildman–Crippen MR) is 111 cm³/mol. The second-order valence-corrected chi connectivity index (χ2v) is 8.44. The highest BCUT2D eigenvalue weighted by atomic mass is 16.2. The van der Waals surface area contributed by atoms with Crippen molar-refractivity contribution in [3.8, 4) is 0 Å². The third-order valence-corrected chi connectivity index (χ3v) is 4.67. The van der Waals surface area contributed by atoms with Gasteiger partial charge in [0.25, 0.3) is 11.8 Å². The van der Waals surface area contributed by atoms with Crippen LogP contribution in [-0.4, -0.2) is 41.0 Å². The first-order chi connectivity index (χ1) is 13.2. The van der Waals surface area contributed by atoms with Crippen LogP contribution in [0.4, 0.5) is 11.4 Å². The second-order valence-electron chi connectivity index (χ2n) is 8.44. The molecule has 7 heteroatoms. The fraction of sp³-hybridized carbons (Fsp3) is 0.476. The topological polar surface area (TPSA) is 79.3 Å². The summed E-state index contributed by atoms with van der Waals surface area (Å²) in [7, 11) is 3.93. The fourth-order valence-corrected chi connectivity index (χ4v) is 3.33. The molecule has 0 spiro atoms. The summed E-state index contributed by atoms with van der Waals surface area (Å²) in [6, 6.07) is 7.61. The van der Waals surface area contributed by atoms with E-state index in [0.29, 0.717) is 23.8 Å². The molecule has 0 saturated carbocycles. The third kappa shape index (κ3) is 4.35. The van der Waals surface area contributed by atoms with E-state index in [1.54, 1.807) is 0 Å². The summed E-state index contributed by atoms with van der Waals surface area (Å²) >= 11 is 0. The van der Waals surface area contributed by atoms with Crippen molar-refractivity contribution in [1.82, 2.24) is 14.9 Å². The molecule has 2 amide bonds. The Kier molecular flexibility index (Phi) is 5.45. The molecule has 1 aromatic carbocycles. The molecule has 0 atom stereocenters. The van der Waals surface area contributed by atoms with Crippen molar-refractivity contribution in [3.63, 3.8) is 0 Å². The number of benzene rings is 1. The SMILES string of the molecule is CN(C)c1ccc(NC(=O)c2nc(C(=O)NC(C)(C)C)c3n2CCCC3)cc1. The lowest BCUT2D eigenvalue weighted by atomic mass is 10.1. The number of carbonyl (C=O) groups is 2. The van der Waals surface area contributed by atoms with E-state index in [-0.39, 0.29) is 17.4 Å². The zero-order valence-corrected chi connectivity index (χ0v) is 17.3. The Balaban J connectivity index is 1.86. The van der Waals surface area contributed by atoms with Crippen LogP contribution in [0, 0.1) is 0 Å². The van der Waals surface area contributed by atoms with Gasteiger partial charge < -0.3 is 20.1 Å². The number of hydrogen-bond acceptors (Lipinski definition) is 4. The Labute approximate surface area is 166 Å². The molecule has 7 nitrogen and oxygen atoms in total. The maximum Gasteiger partial charge on any atom is 0.291 e. The van der Waals surface area contributed by atoms with Gasteiger partial charge in [0.2, 0.25) is 0 Å². The summed E-state index contributed by atoms with van der Waals surface area (Å²) in [6.45, 7) is 6.49. The molecule has 1 aliphatic heterocycles. The molecule has 0 radical (unpaired) electrons. The summed E-state index contributed by atoms with van der Waals surface area (Å²) in [4.78, 5) is 32.0. The van der Waals surface area contributed by atoms with Crippen LogP contribution in [0.1, 0.15) is 60.4 Å². The predicted octanol–water partition coefficient (Wildman–Crippen LogP) is 3.07. The first-order valence-corrected chi connectivity index (χ1v) is 9.66. The van der Waals surface area contributed by atoms with Gasteiger partial charge in [-0.25, -0.2) is 4.98 Å². The summed E-state index contributed by atoms with van der Waals surface area (Å²) in [6.07, 6.45) is 2.72. The lowest BCUT2D eigenvalue weighted by Crippen LogP contribution is -2.41. The van der Waals surface area contributed by atoms with Crippen molar-refractivity contribution < 1.29 is 9.59 Å². The zero-order chi connectivity index (χ0) is 20.5. The quantitative estimate of drug-likeness (QED) is 0.850. The minimum absolute atomic E-state index is 0.229. The summed E-state index contributed by atoms with van der Waals surface area (Å²) in [5, 5.41) is 5.86. The number of nitrogens with one attached hydrogen (secondary N) is 2. The first kappa shape index (κ1) is 19.9. The molecule has 0 saturated heterocycles. The smallest absolute Gasteiger partial charge is 0.291 e. The van der Waals surface area contributed by atoms with Crippen LogP contribution in [0.5, 0.6) is 0 Å². The second kappa shape index (κ2) is 7.66. The number of carbonyl (C=O) groups excluding carboxylic acids is 2. The number of fused-ring (bicyclic) bond motifs is 1. The molecule has 0 aliphatic carbocycles. The Morgan fingerprint density at radius 2 is 1.75 bits per heavy atom. The van der Waals surface area contributed by atoms with Gasteiger partial charge in [0, 0.05) is 37.6 Å². The van der Waals surface area contributed by atoms with E-state index in [1.165, 1.54) is 0 Å². The van der Waals surface area contributed by atoms with Gasteiger partial charge in [0.1, 0.15) is 5.69 Å². The molecule has 28 heavy (non-hydrogen) atoms. The van der Waals surface area contributed by atoms with Crippen molar-refractivity contribution in [3.05, 3.63) is 41.5 Å². The van der Waals surface area contributed by atoms with Crippen LogP contribution in [0.15, 0.2) is 24.3 Å². The Morgan fingerprint density at radius 1 is 1.07 bits per heavy atom. The van der Waals surface area contributed by atoms with E-state index in [0.717, 1.165) is 30.6 Å². The van der Waals surface area contributed by atoms with Crippen LogP contribution in [-0.2, 0) is 13.0 Å². The van der Waals surface area contributed by atoms with Gasteiger partial charge >= 0.3 is 0 Å². The van der Waals surface area contributed by atoms with Gasteiger partial charge in [-0.2, -0.15) is 0 Å². The first-order valence-electron chi connectivity index (χ1n) is 9.66. The van der Waals surface area contributed by atoms with Crippen LogP contribution < -0.4 is 15.5 Å². The van der Waals surface area contributed by atoms with E-state index in [9.17, 15) is 9.59 Å². The minimum atomic E-state index is -0.362. The van der Waals surface area contributed by atoms with Gasteiger partial charge in [0.15, 0.2) is 5.82 Å². The van der Waals surface area contributed by atoms with Crippen molar-refractivity contribution in [2.24, 2.45) is 0 Å². The monoisotopic (exact) mass is 383 g/mol. The van der Waals surface area contributed by atoms with E-state index >= 15 is 0 Å². The molecular weight excluding hydrogens is 354 g/mol. The Hall–Kier alpha value is -2.83. The lowest BCUT2D eigenvalue weighted by Gasteiger charge is -2.21. The Bertz CT molecular complexity index is 875. The fourth-order valence-electron chi connectivity index (χ4n) is 3.33. The Morgan fingerprint density at radius 3 is 2.36 bits per heavy atom. The van der Waals surface area contributed by atoms with Crippen LogP contribution >= 0.6 is 0 Å². The van der Waals surface area contributed by atoms with E-state index in [2.05, 4.69) is 15.6 Å². The van der Waals surface area contributed by atoms with E-state index < -0.39 is 0 Å². The molecule has 1 aliphatic rings. The maximum absolute atomic E-state index is 12.9. The number of amides is 2. The molecule has 0 fully saturated rings. The maximum atomic E-state index is 12.9. The minimum Gasteiger partial charge on any atom is -0.378 e. The number of hydrogen-bond donors (Lipinski definition) is 2. The largest absolute Gasteiger partial charge is 0.378 e. The van der Waals surface area contributed by atoms with Gasteiger partial charge in [-0.1, -0.05) is 0 Å². The van der Waals surface area contributed by atoms with Gasteiger partial charge in [-0.05, 0) is 64.3 Å². The molecule has 3 rings (SSSR count). The van der Waals surface area contributed by atoms with E-state index in [4.69, 9.17) is 0 Å². The number of aromatic nitrogens is 2. The van der Waals surface area contributed by atoms with Gasteiger partial charge in [-0.3, -0.25) is 9.59 Å². The van der Waals surface area contributed by atoms with Crippen molar-refractivity contribution in [2.45, 2.75) is 52.1 Å². The highest BCUT2D eigenvalue weighted by Gasteiger charge is 2.29. The summed E-state index contributed by atoms with van der Waals surface area (Å²) in [5.41, 5.74) is 2.60. The molecule has 2 N–H and O–H groups in total. The average Bonchev–Trinajstić information content (AvgIpc) is 3.01. The number of anilines is 2. The van der Waals surface area contributed by atoms with Crippen LogP contribution in [0.2, 0.25) is 0 Å². The number of imidazole rings is 1. The molecular formula is C21H29N5O2. The van der Waals surface area contributed by atoms with Gasteiger partial charge in [0.05, 0.1) is 5.69 Å². The number of rotatable bonds is 4. The highest BCUT2D eigenvalue weighted by molar-refractivity contribution is 6.03. The average molecular weight is 383 g/mol. The zero-order valence-electron chi connectivity index (χ0n) is 17.3. The lowest BCUT2D eigenvalue weighted by molar-refractivity contribution is 0.0913. The molecule has 150 valence electrons. The normalized spacial score (nSPS) is 13.6. The summed E-state index contributed by atoms with van der Waals surface area (Å²) < 4.78 is 1.89. The molecule has 0 bridgehead atoms. The molecule has 0 unspecified atom stereocenters. The number of nitrogens with zero attached hydrogens (tertiary/aromatic N) is 3. The molecule has 1 aromatic heterocycles. The third-order valence-electron chi connectivity index (χ3n) is 4.67.